The van der Waals surface area contributed by atoms with Crippen LogP contribution in [-0.4, -0.2) is 120 Å². The third kappa shape index (κ3) is 7.96. The molecule has 212 valence electrons. The van der Waals surface area contributed by atoms with E-state index in [0.29, 0.717) is 0 Å². The van der Waals surface area contributed by atoms with Gasteiger partial charge in [0.1, 0.15) is 35.6 Å². The molecule has 0 bridgehead atoms. The molecule has 3 rings (SSSR count). The summed E-state index contributed by atoms with van der Waals surface area (Å²) in [6.07, 6.45) is -8.64. The van der Waals surface area contributed by atoms with Crippen LogP contribution in [-0.2, 0) is 51.0 Å². The van der Waals surface area contributed by atoms with Crippen LogP contribution in [0.15, 0.2) is 34.6 Å². The fourth-order valence-corrected chi connectivity index (χ4v) is 2.44. The Kier molecular flexibility index (Phi) is 13.4. The molecule has 0 unspecified atom stereocenters. The van der Waals surface area contributed by atoms with Gasteiger partial charge in [0.25, 0.3) is 0 Å². The van der Waals surface area contributed by atoms with E-state index >= 15 is 0 Å². The van der Waals surface area contributed by atoms with Crippen molar-refractivity contribution in [1.82, 2.24) is 0 Å². The van der Waals surface area contributed by atoms with Crippen molar-refractivity contribution >= 4 is 17.9 Å². The average molecular weight is 722 g/mol. The second kappa shape index (κ2) is 14.6. The van der Waals surface area contributed by atoms with E-state index in [2.05, 4.69) is 14.2 Å². The molecule has 0 aromatic carbocycles. The maximum atomic E-state index is 10.6. The van der Waals surface area contributed by atoms with Gasteiger partial charge in [0.15, 0.2) is 18.3 Å². The summed E-state index contributed by atoms with van der Waals surface area (Å²) >= 11 is 0. The first kappa shape index (κ1) is 33.9. The summed E-state index contributed by atoms with van der Waals surface area (Å²) in [6, 6.07) is 0. The van der Waals surface area contributed by atoms with Crippen molar-refractivity contribution in [3.05, 3.63) is 34.6 Å². The van der Waals surface area contributed by atoms with Gasteiger partial charge in [-0.2, -0.15) is 0 Å². The van der Waals surface area contributed by atoms with E-state index < -0.39 is 109 Å². The molecule has 0 fully saturated rings. The summed E-state index contributed by atoms with van der Waals surface area (Å²) in [5.41, 5.74) is 0. The summed E-state index contributed by atoms with van der Waals surface area (Å²) in [5.74, 6) is -9.75. The van der Waals surface area contributed by atoms with E-state index in [1.165, 1.54) is 0 Å². The number of rotatable bonds is 6. The Labute approximate surface area is 221 Å². The molecule has 18 nitrogen and oxygen atoms in total. The van der Waals surface area contributed by atoms with E-state index in [9.17, 15) is 29.7 Å². The summed E-state index contributed by atoms with van der Waals surface area (Å²) in [5, 5.41) is 110. The maximum Gasteiger partial charge on any atom is 3.00 e. The van der Waals surface area contributed by atoms with Crippen molar-refractivity contribution in [2.45, 2.75) is 36.6 Å². The zero-order valence-corrected chi connectivity index (χ0v) is 20.3. The Morgan fingerprint density at radius 3 is 0.865 bits per heavy atom. The first-order valence-electron chi connectivity index (χ1n) is 9.53. The van der Waals surface area contributed by atoms with Gasteiger partial charge in [-0.25, -0.2) is 14.4 Å². The van der Waals surface area contributed by atoms with Crippen molar-refractivity contribution in [2.75, 3.05) is 19.8 Å². The van der Waals surface area contributed by atoms with E-state index in [1.807, 2.05) is 0 Å². The van der Waals surface area contributed by atoms with Crippen LogP contribution in [0.3, 0.4) is 0 Å². The SMILES string of the molecule is O=C1O[C@H]([C@@H](O)CO)C(O)=C1[O-].O=C1O[C@H]([C@@H](O)CO)C(O)=C1[O-].O=C1O[C@H]([C@@H](O)CO)C(O)=C1[O-].[Au+3]. The molecule has 37 heavy (non-hydrogen) atoms. The van der Waals surface area contributed by atoms with Crippen LogP contribution in [0, 0.1) is 0 Å². The number of cyclic esters (lactones) is 3. The van der Waals surface area contributed by atoms with Crippen LogP contribution in [0.2, 0.25) is 0 Å². The van der Waals surface area contributed by atoms with Gasteiger partial charge in [-0.1, -0.05) is 0 Å². The molecule has 0 radical (unpaired) electrons. The minimum absolute atomic E-state index is 0. The average Bonchev–Trinajstić information content (AvgIpc) is 3.40. The molecular weight excluding hydrogens is 701 g/mol. The molecule has 9 N–H and O–H groups in total. The van der Waals surface area contributed by atoms with E-state index in [4.69, 9.17) is 46.0 Å². The number of hydrogen-bond acceptors (Lipinski definition) is 18. The van der Waals surface area contributed by atoms with Crippen molar-refractivity contribution in [3.8, 4) is 0 Å². The third-order valence-corrected chi connectivity index (χ3v) is 4.37. The number of aliphatic hydroxyl groups is 9. The van der Waals surface area contributed by atoms with Gasteiger partial charge in [-0.3, -0.25) is 0 Å². The van der Waals surface area contributed by atoms with Gasteiger partial charge in [0.05, 0.1) is 19.8 Å². The fraction of sp³-hybridized carbons (Fsp3) is 0.500. The number of carbonyl (C=O) groups is 3. The predicted octanol–water partition coefficient (Wildman–Crippen LogP) is -7.82. The number of aliphatic hydroxyl groups excluding tert-OH is 9. The van der Waals surface area contributed by atoms with Gasteiger partial charge in [-0.05, 0) is 0 Å². The summed E-state index contributed by atoms with van der Waals surface area (Å²) in [4.78, 5) is 31.4. The minimum atomic E-state index is -1.46. The zero-order valence-electron chi connectivity index (χ0n) is 18.1. The molecule has 19 heteroatoms. The molecular formula is C18H21AuO18. The van der Waals surface area contributed by atoms with Crippen LogP contribution >= 0.6 is 0 Å². The Morgan fingerprint density at radius 1 is 0.568 bits per heavy atom. The molecule has 0 amide bonds. The molecule has 0 aromatic rings. The number of ether oxygens (including phenoxy) is 3. The monoisotopic (exact) mass is 722 g/mol. The molecule has 0 aromatic heterocycles. The van der Waals surface area contributed by atoms with Crippen LogP contribution in [0.25, 0.3) is 0 Å². The zero-order chi connectivity index (χ0) is 27.9. The van der Waals surface area contributed by atoms with Gasteiger partial charge in [0, 0.05) is 17.3 Å². The van der Waals surface area contributed by atoms with Gasteiger partial charge in [-0.15, -0.1) is 0 Å². The topological polar surface area (TPSA) is 330 Å². The van der Waals surface area contributed by atoms with Gasteiger partial charge < -0.3 is 75.5 Å². The van der Waals surface area contributed by atoms with Crippen LogP contribution < -0.4 is 15.3 Å². The largest absolute Gasteiger partial charge is 3.00 e. The van der Waals surface area contributed by atoms with Crippen LogP contribution in [0.4, 0.5) is 0 Å². The molecule has 6 atom stereocenters. The Bertz CT molecular complexity index is 822. The summed E-state index contributed by atoms with van der Waals surface area (Å²) < 4.78 is 12.8. The normalized spacial score (nSPS) is 25.1. The second-order valence-electron chi connectivity index (χ2n) is 6.87. The van der Waals surface area contributed by atoms with Crippen molar-refractivity contribution in [1.29, 1.82) is 0 Å². The van der Waals surface area contributed by atoms with Crippen LogP contribution in [0.5, 0.6) is 0 Å². The standard InChI is InChI=1S/3C6H8O6.Au/c3*7-1-2(8)5-3(9)4(10)6(11)12-5;/h3*2,5,7-10H,1H2;/q;;;+3/p-3/t3*2-,5+;/m000./s1. The Hall–Kier alpha value is -3.07. The van der Waals surface area contributed by atoms with E-state index in [-0.39, 0.29) is 22.4 Å². The molecule has 0 saturated heterocycles. The molecule has 3 aliphatic rings. The molecule has 0 aliphatic carbocycles. The van der Waals surface area contributed by atoms with Crippen LogP contribution in [0.1, 0.15) is 0 Å². The molecule has 0 spiro atoms. The number of hydrogen-bond donors (Lipinski definition) is 9. The van der Waals surface area contributed by atoms with Crippen molar-refractivity contribution < 1.29 is 112 Å². The quantitative estimate of drug-likeness (QED) is 0.0698. The van der Waals surface area contributed by atoms with Gasteiger partial charge in [0.2, 0.25) is 0 Å². The molecule has 3 heterocycles. The number of esters is 3. The Morgan fingerprint density at radius 2 is 0.757 bits per heavy atom. The maximum absolute atomic E-state index is 10.6. The summed E-state index contributed by atoms with van der Waals surface area (Å²) in [6.45, 7) is -2.10. The van der Waals surface area contributed by atoms with Gasteiger partial charge >= 0.3 is 40.3 Å². The molecule has 0 saturated carbocycles. The minimum Gasteiger partial charge on any atom is -0.865 e. The first-order valence-corrected chi connectivity index (χ1v) is 9.53. The fourth-order valence-electron chi connectivity index (χ4n) is 2.44. The van der Waals surface area contributed by atoms with Crippen molar-refractivity contribution in [2.24, 2.45) is 0 Å². The third-order valence-electron chi connectivity index (χ3n) is 4.37. The van der Waals surface area contributed by atoms with E-state index in [1.54, 1.807) is 0 Å². The summed E-state index contributed by atoms with van der Waals surface area (Å²) in [7, 11) is 0. The van der Waals surface area contributed by atoms with E-state index in [0.717, 1.165) is 0 Å². The first-order chi connectivity index (χ1) is 16.7. The predicted molar refractivity (Wildman–Crippen MR) is 97.9 cm³/mol. The molecule has 3 aliphatic heterocycles. The Balaban J connectivity index is 0.000000518. The number of carbonyl (C=O) groups excluding carboxylic acids is 3. The second-order valence-corrected chi connectivity index (χ2v) is 6.87. The van der Waals surface area contributed by atoms with Crippen molar-refractivity contribution in [3.63, 3.8) is 0 Å². The smallest absolute Gasteiger partial charge is 0.865 e.